The second-order valence-electron chi connectivity index (χ2n) is 7.59. The molecule has 5 nitrogen and oxygen atoms in total. The summed E-state index contributed by atoms with van der Waals surface area (Å²) in [4.78, 5) is 28.7. The predicted molar refractivity (Wildman–Crippen MR) is 107 cm³/mol. The van der Waals surface area contributed by atoms with Gasteiger partial charge in [-0.2, -0.15) is 0 Å². The molecule has 2 fully saturated rings. The van der Waals surface area contributed by atoms with Gasteiger partial charge in [-0.3, -0.25) is 9.69 Å². The molecule has 0 bridgehead atoms. The first-order valence-electron chi connectivity index (χ1n) is 9.93. The summed E-state index contributed by atoms with van der Waals surface area (Å²) < 4.78 is 26.7. The molecule has 1 saturated carbocycles. The first-order valence-corrected chi connectivity index (χ1v) is 9.93. The lowest BCUT2D eigenvalue weighted by molar-refractivity contribution is -0.122. The van der Waals surface area contributed by atoms with Crippen molar-refractivity contribution < 1.29 is 18.4 Å². The Labute approximate surface area is 168 Å². The van der Waals surface area contributed by atoms with Crippen LogP contribution in [0.15, 0.2) is 42.5 Å². The number of anilines is 2. The van der Waals surface area contributed by atoms with Gasteiger partial charge in [0.15, 0.2) is 11.6 Å². The first-order chi connectivity index (χ1) is 14.0. The van der Waals surface area contributed by atoms with Crippen molar-refractivity contribution in [1.29, 1.82) is 0 Å². The molecule has 7 heteroatoms. The number of hydrogen-bond acceptors (Lipinski definition) is 2. The van der Waals surface area contributed by atoms with Crippen LogP contribution >= 0.6 is 0 Å². The van der Waals surface area contributed by atoms with Crippen LogP contribution in [-0.4, -0.2) is 29.9 Å². The van der Waals surface area contributed by atoms with E-state index in [2.05, 4.69) is 5.32 Å². The van der Waals surface area contributed by atoms with Gasteiger partial charge in [-0.1, -0.05) is 24.6 Å². The third-order valence-electron chi connectivity index (χ3n) is 5.60. The summed E-state index contributed by atoms with van der Waals surface area (Å²) in [5.41, 5.74) is 1.80. The number of hydrogen-bond donors (Lipinski definition) is 1. The van der Waals surface area contributed by atoms with Gasteiger partial charge < -0.3 is 10.2 Å². The summed E-state index contributed by atoms with van der Waals surface area (Å²) in [6.07, 6.45) is 3.61. The van der Waals surface area contributed by atoms with Crippen LogP contribution in [0.2, 0.25) is 0 Å². The highest BCUT2D eigenvalue weighted by Crippen LogP contribution is 2.32. The van der Waals surface area contributed by atoms with E-state index in [9.17, 15) is 18.4 Å². The van der Waals surface area contributed by atoms with Crippen molar-refractivity contribution in [2.24, 2.45) is 5.92 Å². The summed E-state index contributed by atoms with van der Waals surface area (Å²) in [5, 5.41) is 2.97. The monoisotopic (exact) mass is 399 g/mol. The zero-order valence-corrected chi connectivity index (χ0v) is 16.0. The van der Waals surface area contributed by atoms with Crippen molar-refractivity contribution >= 4 is 23.3 Å². The van der Waals surface area contributed by atoms with Gasteiger partial charge in [0.2, 0.25) is 5.91 Å². The summed E-state index contributed by atoms with van der Waals surface area (Å²) in [6, 6.07) is 10.7. The maximum absolute atomic E-state index is 13.5. The number of halogens is 2. The van der Waals surface area contributed by atoms with Gasteiger partial charge in [-0.15, -0.1) is 0 Å². The van der Waals surface area contributed by atoms with Crippen molar-refractivity contribution in [3.05, 3.63) is 59.7 Å². The standard InChI is InChI=1S/C22H23F2N3O2/c23-17-10-9-15(13-18(17)24)14-26-11-4-12-27(22(26)29)20-8-2-1-7-19(20)25-21(28)16-5-3-6-16/h1-2,7-10,13,16H,3-6,11-12,14H2,(H,25,28). The van der Waals surface area contributed by atoms with Crippen LogP contribution in [0, 0.1) is 17.6 Å². The Balaban J connectivity index is 1.51. The average molecular weight is 399 g/mol. The fraction of sp³-hybridized carbons (Fsp3) is 0.364. The van der Waals surface area contributed by atoms with Crippen LogP contribution < -0.4 is 10.2 Å². The summed E-state index contributed by atoms with van der Waals surface area (Å²) >= 11 is 0. The van der Waals surface area contributed by atoms with Gasteiger partial charge in [-0.25, -0.2) is 13.6 Å². The number of nitrogens with zero attached hydrogens (tertiary/aromatic N) is 2. The van der Waals surface area contributed by atoms with Gasteiger partial charge in [-0.05, 0) is 49.1 Å². The molecule has 2 aliphatic rings. The average Bonchev–Trinajstić information content (AvgIpc) is 2.66. The van der Waals surface area contributed by atoms with Gasteiger partial charge in [0, 0.05) is 25.6 Å². The van der Waals surface area contributed by atoms with Crippen LogP contribution in [0.25, 0.3) is 0 Å². The molecule has 4 rings (SSSR count). The molecule has 29 heavy (non-hydrogen) atoms. The van der Waals surface area contributed by atoms with E-state index in [-0.39, 0.29) is 24.4 Å². The molecule has 3 amide bonds. The molecule has 0 aromatic heterocycles. The van der Waals surface area contributed by atoms with Gasteiger partial charge in [0.05, 0.1) is 11.4 Å². The minimum absolute atomic E-state index is 0.00759. The highest BCUT2D eigenvalue weighted by molar-refractivity contribution is 6.01. The van der Waals surface area contributed by atoms with Gasteiger partial charge in [0.1, 0.15) is 0 Å². The van der Waals surface area contributed by atoms with E-state index in [0.717, 1.165) is 37.8 Å². The third kappa shape index (κ3) is 4.09. The molecule has 1 N–H and O–H groups in total. The van der Waals surface area contributed by atoms with Crippen molar-refractivity contribution in [2.45, 2.75) is 32.2 Å². The van der Waals surface area contributed by atoms with Crippen LogP contribution in [0.4, 0.5) is 25.0 Å². The molecule has 0 spiro atoms. The Kier molecular flexibility index (Phi) is 5.47. The fourth-order valence-electron chi connectivity index (χ4n) is 3.73. The Bertz CT molecular complexity index is 930. The number of rotatable bonds is 5. The highest BCUT2D eigenvalue weighted by atomic mass is 19.2. The molecule has 0 atom stereocenters. The number of urea groups is 1. The molecule has 1 saturated heterocycles. The lowest BCUT2D eigenvalue weighted by atomic mass is 9.85. The zero-order chi connectivity index (χ0) is 20.4. The predicted octanol–water partition coefficient (Wildman–Crippen LogP) is 4.54. The van der Waals surface area contributed by atoms with Gasteiger partial charge >= 0.3 is 6.03 Å². The minimum atomic E-state index is -0.923. The van der Waals surface area contributed by atoms with Crippen molar-refractivity contribution in [3.8, 4) is 0 Å². The van der Waals surface area contributed by atoms with Crippen molar-refractivity contribution in [3.63, 3.8) is 0 Å². The van der Waals surface area contributed by atoms with E-state index >= 15 is 0 Å². The van der Waals surface area contributed by atoms with Crippen LogP contribution in [0.1, 0.15) is 31.2 Å². The number of amides is 3. The smallest absolute Gasteiger partial charge is 0.324 e. The topological polar surface area (TPSA) is 52.7 Å². The molecular formula is C22H23F2N3O2. The van der Waals surface area contributed by atoms with Crippen molar-refractivity contribution in [1.82, 2.24) is 4.90 Å². The lowest BCUT2D eigenvalue weighted by Gasteiger charge is -2.36. The van der Waals surface area contributed by atoms with Crippen molar-refractivity contribution in [2.75, 3.05) is 23.3 Å². The maximum atomic E-state index is 13.5. The molecule has 1 heterocycles. The molecule has 152 valence electrons. The van der Waals surface area contributed by atoms with E-state index in [1.54, 1.807) is 15.9 Å². The Hall–Kier alpha value is -2.96. The molecule has 0 unspecified atom stereocenters. The van der Waals surface area contributed by atoms with E-state index in [0.29, 0.717) is 30.0 Å². The number of carbonyl (C=O) groups excluding carboxylic acids is 2. The van der Waals surface area contributed by atoms with E-state index in [4.69, 9.17) is 0 Å². The Morgan fingerprint density at radius 3 is 2.55 bits per heavy atom. The zero-order valence-electron chi connectivity index (χ0n) is 16.0. The maximum Gasteiger partial charge on any atom is 0.324 e. The van der Waals surface area contributed by atoms with Crippen LogP contribution in [0.5, 0.6) is 0 Å². The van der Waals surface area contributed by atoms with E-state index < -0.39 is 11.6 Å². The Morgan fingerprint density at radius 2 is 1.83 bits per heavy atom. The largest absolute Gasteiger partial charge is 0.324 e. The van der Waals surface area contributed by atoms with Crippen LogP contribution in [0.3, 0.4) is 0 Å². The quantitative estimate of drug-likeness (QED) is 0.803. The second kappa shape index (κ2) is 8.19. The summed E-state index contributed by atoms with van der Waals surface area (Å²) in [6.45, 7) is 1.26. The fourth-order valence-corrected chi connectivity index (χ4v) is 3.73. The Morgan fingerprint density at radius 1 is 1.03 bits per heavy atom. The summed E-state index contributed by atoms with van der Waals surface area (Å²) in [7, 11) is 0. The molecule has 1 aliphatic carbocycles. The second-order valence-corrected chi connectivity index (χ2v) is 7.59. The first kappa shape index (κ1) is 19.4. The number of carbonyl (C=O) groups is 2. The normalized spacial score (nSPS) is 17.2. The molecule has 1 aliphatic heterocycles. The number of benzene rings is 2. The van der Waals surface area contributed by atoms with E-state index in [1.807, 2.05) is 18.2 Å². The third-order valence-corrected chi connectivity index (χ3v) is 5.60. The molecule has 2 aromatic rings. The number of para-hydroxylation sites is 2. The molecular weight excluding hydrogens is 376 g/mol. The summed E-state index contributed by atoms with van der Waals surface area (Å²) in [5.74, 6) is -1.79. The highest BCUT2D eigenvalue weighted by Gasteiger charge is 2.30. The lowest BCUT2D eigenvalue weighted by Crippen LogP contribution is -2.49. The number of nitrogens with one attached hydrogen (secondary N) is 1. The van der Waals surface area contributed by atoms with Gasteiger partial charge in [0.25, 0.3) is 0 Å². The SMILES string of the molecule is O=C(Nc1ccccc1N1CCCN(Cc2ccc(F)c(F)c2)C1=O)C1CCC1. The van der Waals surface area contributed by atoms with E-state index in [1.165, 1.54) is 6.07 Å². The molecule has 0 radical (unpaired) electrons. The van der Waals surface area contributed by atoms with Crippen LogP contribution in [-0.2, 0) is 11.3 Å². The minimum Gasteiger partial charge on any atom is -0.324 e. The molecule has 2 aromatic carbocycles.